The van der Waals surface area contributed by atoms with Gasteiger partial charge in [0.15, 0.2) is 5.82 Å². The second kappa shape index (κ2) is 6.92. The Hall–Kier alpha value is -2.90. The lowest BCUT2D eigenvalue weighted by molar-refractivity contribution is -0.128. The molecule has 0 bridgehead atoms. The number of nitrogens with zero attached hydrogens (tertiary/aromatic N) is 4. The molecule has 2 aromatic rings. The zero-order chi connectivity index (χ0) is 18.0. The van der Waals surface area contributed by atoms with Gasteiger partial charge >= 0.3 is 0 Å². The van der Waals surface area contributed by atoms with Gasteiger partial charge in [-0.15, -0.1) is 0 Å². The molecule has 8 heteroatoms. The van der Waals surface area contributed by atoms with E-state index in [4.69, 9.17) is 5.73 Å². The first-order valence-corrected chi connectivity index (χ1v) is 8.32. The van der Waals surface area contributed by atoms with E-state index in [0.717, 1.165) is 0 Å². The molecular formula is C17H22N6O2. The lowest BCUT2D eigenvalue weighted by Crippen LogP contribution is -2.57. The fraction of sp³-hybridized carbons (Fsp3) is 0.412. The first kappa shape index (κ1) is 16.9. The second-order valence-corrected chi connectivity index (χ2v) is 6.48. The maximum Gasteiger partial charge on any atom is 0.259 e. The van der Waals surface area contributed by atoms with Crippen LogP contribution in [0.25, 0.3) is 5.82 Å². The Bertz CT molecular complexity index is 771. The molecule has 3 rings (SSSR count). The maximum absolute atomic E-state index is 13.0. The average Bonchev–Trinajstić information content (AvgIpc) is 2.98. The minimum Gasteiger partial charge on any atom is -0.383 e. The van der Waals surface area contributed by atoms with Crippen LogP contribution in [0.2, 0.25) is 0 Å². The van der Waals surface area contributed by atoms with Crippen molar-refractivity contribution in [1.82, 2.24) is 25.0 Å². The molecule has 132 valence electrons. The SMILES string of the molecule is CC(C)CC1C(=O)NCCN1C(=O)c1cnn(-c2ccccn2)c1N. The third kappa shape index (κ3) is 3.33. The van der Waals surface area contributed by atoms with Crippen LogP contribution in [0.4, 0.5) is 5.82 Å². The van der Waals surface area contributed by atoms with Gasteiger partial charge in [0.05, 0.1) is 6.20 Å². The molecule has 1 aliphatic rings. The molecule has 0 aromatic carbocycles. The number of nitrogens with two attached hydrogens (primary N) is 1. The minimum absolute atomic E-state index is 0.121. The molecule has 0 aliphatic carbocycles. The van der Waals surface area contributed by atoms with Crippen molar-refractivity contribution in [2.45, 2.75) is 26.3 Å². The van der Waals surface area contributed by atoms with Crippen LogP contribution < -0.4 is 11.1 Å². The Balaban J connectivity index is 1.90. The Kier molecular flexibility index (Phi) is 4.69. The third-order valence-electron chi connectivity index (χ3n) is 4.19. The van der Waals surface area contributed by atoms with E-state index in [1.807, 2.05) is 19.9 Å². The van der Waals surface area contributed by atoms with E-state index in [1.54, 1.807) is 23.2 Å². The molecule has 2 aromatic heterocycles. The number of nitrogens with one attached hydrogen (secondary N) is 1. The lowest BCUT2D eigenvalue weighted by atomic mass is 9.99. The first-order chi connectivity index (χ1) is 12.0. The predicted molar refractivity (Wildman–Crippen MR) is 93.1 cm³/mol. The minimum atomic E-state index is -0.487. The number of rotatable bonds is 4. The number of hydrogen-bond donors (Lipinski definition) is 2. The normalized spacial score (nSPS) is 17.6. The molecule has 3 heterocycles. The van der Waals surface area contributed by atoms with Gasteiger partial charge in [0.1, 0.15) is 17.4 Å². The maximum atomic E-state index is 13.0. The molecule has 3 N–H and O–H groups in total. The van der Waals surface area contributed by atoms with Crippen LogP contribution in [0, 0.1) is 5.92 Å². The number of pyridine rings is 1. The molecule has 8 nitrogen and oxygen atoms in total. The molecule has 1 aliphatic heterocycles. The summed E-state index contributed by atoms with van der Waals surface area (Å²) in [6.45, 7) is 4.94. The largest absolute Gasteiger partial charge is 0.383 e. The Morgan fingerprint density at radius 1 is 1.44 bits per heavy atom. The van der Waals surface area contributed by atoms with Crippen molar-refractivity contribution < 1.29 is 9.59 Å². The van der Waals surface area contributed by atoms with Crippen molar-refractivity contribution in [3.05, 3.63) is 36.2 Å². The summed E-state index contributed by atoms with van der Waals surface area (Å²) in [5.74, 6) is 0.647. The third-order valence-corrected chi connectivity index (χ3v) is 4.19. The second-order valence-electron chi connectivity index (χ2n) is 6.48. The predicted octanol–water partition coefficient (Wildman–Crippen LogP) is 0.836. The summed E-state index contributed by atoms with van der Waals surface area (Å²) in [5, 5.41) is 7.01. The highest BCUT2D eigenvalue weighted by atomic mass is 16.2. The van der Waals surface area contributed by atoms with Gasteiger partial charge in [-0.2, -0.15) is 9.78 Å². The molecular weight excluding hydrogens is 320 g/mol. The zero-order valence-electron chi connectivity index (χ0n) is 14.3. The smallest absolute Gasteiger partial charge is 0.259 e. The highest BCUT2D eigenvalue weighted by Crippen LogP contribution is 2.22. The Labute approximate surface area is 146 Å². The van der Waals surface area contributed by atoms with Crippen molar-refractivity contribution in [1.29, 1.82) is 0 Å². The molecule has 1 unspecified atom stereocenters. The number of nitrogen functional groups attached to an aromatic ring is 1. The van der Waals surface area contributed by atoms with E-state index >= 15 is 0 Å². The van der Waals surface area contributed by atoms with Crippen LogP contribution in [0.5, 0.6) is 0 Å². The van der Waals surface area contributed by atoms with Gasteiger partial charge in [0, 0.05) is 19.3 Å². The lowest BCUT2D eigenvalue weighted by Gasteiger charge is -2.35. The summed E-state index contributed by atoms with van der Waals surface area (Å²) in [6, 6.07) is 4.88. The van der Waals surface area contributed by atoms with E-state index in [1.165, 1.54) is 10.9 Å². The van der Waals surface area contributed by atoms with Crippen molar-refractivity contribution in [2.75, 3.05) is 18.8 Å². The summed E-state index contributed by atoms with van der Waals surface area (Å²) in [6.07, 6.45) is 3.67. The standard InChI is InChI=1S/C17H22N6O2/c1-11(2)9-13-16(24)20-7-8-22(13)17(25)12-10-21-23(15(12)18)14-5-3-4-6-19-14/h3-6,10-11,13H,7-9,18H2,1-2H3,(H,20,24). The summed E-state index contributed by atoms with van der Waals surface area (Å²) in [4.78, 5) is 31.0. The summed E-state index contributed by atoms with van der Waals surface area (Å²) in [5.41, 5.74) is 6.42. The Morgan fingerprint density at radius 3 is 2.92 bits per heavy atom. The molecule has 2 amide bonds. The van der Waals surface area contributed by atoms with Crippen LogP contribution in [0.15, 0.2) is 30.6 Å². The summed E-state index contributed by atoms with van der Waals surface area (Å²) >= 11 is 0. The average molecular weight is 342 g/mol. The topological polar surface area (TPSA) is 106 Å². The number of aromatic nitrogens is 3. The highest BCUT2D eigenvalue weighted by Gasteiger charge is 2.35. The molecule has 0 radical (unpaired) electrons. The number of hydrogen-bond acceptors (Lipinski definition) is 5. The highest BCUT2D eigenvalue weighted by molar-refractivity contribution is 6.01. The molecule has 1 saturated heterocycles. The number of amides is 2. The van der Waals surface area contributed by atoms with Crippen molar-refractivity contribution in [3.8, 4) is 5.82 Å². The van der Waals surface area contributed by atoms with Crippen LogP contribution in [-0.4, -0.2) is 50.6 Å². The van der Waals surface area contributed by atoms with E-state index in [9.17, 15) is 9.59 Å². The number of piperazine rings is 1. The van der Waals surface area contributed by atoms with E-state index in [-0.39, 0.29) is 29.1 Å². The quantitative estimate of drug-likeness (QED) is 0.856. The summed E-state index contributed by atoms with van der Waals surface area (Å²) in [7, 11) is 0. The van der Waals surface area contributed by atoms with Crippen LogP contribution in [0.3, 0.4) is 0 Å². The molecule has 0 saturated carbocycles. The zero-order valence-corrected chi connectivity index (χ0v) is 14.3. The van der Waals surface area contributed by atoms with Gasteiger partial charge in [0.2, 0.25) is 5.91 Å². The molecule has 1 fully saturated rings. The molecule has 1 atom stereocenters. The number of carbonyl (C=O) groups excluding carboxylic acids is 2. The fourth-order valence-electron chi connectivity index (χ4n) is 2.98. The van der Waals surface area contributed by atoms with E-state index in [0.29, 0.717) is 25.3 Å². The van der Waals surface area contributed by atoms with Gasteiger partial charge < -0.3 is 16.0 Å². The summed E-state index contributed by atoms with van der Waals surface area (Å²) < 4.78 is 1.43. The van der Waals surface area contributed by atoms with Crippen molar-refractivity contribution >= 4 is 17.6 Å². The van der Waals surface area contributed by atoms with E-state index < -0.39 is 6.04 Å². The van der Waals surface area contributed by atoms with Crippen LogP contribution in [-0.2, 0) is 4.79 Å². The van der Waals surface area contributed by atoms with Gasteiger partial charge in [-0.05, 0) is 24.5 Å². The van der Waals surface area contributed by atoms with Gasteiger partial charge in [-0.3, -0.25) is 9.59 Å². The van der Waals surface area contributed by atoms with Gasteiger partial charge in [-0.1, -0.05) is 19.9 Å². The van der Waals surface area contributed by atoms with Crippen molar-refractivity contribution in [2.24, 2.45) is 5.92 Å². The number of anilines is 1. The first-order valence-electron chi connectivity index (χ1n) is 8.32. The molecule has 25 heavy (non-hydrogen) atoms. The Morgan fingerprint density at radius 2 is 2.24 bits per heavy atom. The fourth-order valence-corrected chi connectivity index (χ4v) is 2.98. The van der Waals surface area contributed by atoms with Crippen molar-refractivity contribution in [3.63, 3.8) is 0 Å². The van der Waals surface area contributed by atoms with Crippen LogP contribution in [0.1, 0.15) is 30.6 Å². The molecule has 0 spiro atoms. The number of carbonyl (C=O) groups is 2. The monoisotopic (exact) mass is 342 g/mol. The van der Waals surface area contributed by atoms with Crippen LogP contribution >= 0.6 is 0 Å². The van der Waals surface area contributed by atoms with Gasteiger partial charge in [-0.25, -0.2) is 4.98 Å². The van der Waals surface area contributed by atoms with E-state index in [2.05, 4.69) is 15.4 Å². The van der Waals surface area contributed by atoms with Gasteiger partial charge in [0.25, 0.3) is 5.91 Å².